The number of ether oxygens (including phenoxy) is 1. The highest BCUT2D eigenvalue weighted by Gasteiger charge is 2.18. The number of nitrogens with zero attached hydrogens (tertiary/aromatic N) is 1. The molecule has 0 atom stereocenters. The summed E-state index contributed by atoms with van der Waals surface area (Å²) in [5.41, 5.74) is 4.04. The van der Waals surface area contributed by atoms with Crippen molar-refractivity contribution < 1.29 is 13.2 Å². The molecule has 0 spiro atoms. The molecule has 7 heteroatoms. The van der Waals surface area contributed by atoms with E-state index in [0.717, 1.165) is 11.1 Å². The van der Waals surface area contributed by atoms with Crippen LogP contribution in [0.3, 0.4) is 0 Å². The molecule has 0 aliphatic carbocycles. The van der Waals surface area contributed by atoms with Gasteiger partial charge in [-0.3, -0.25) is 9.82 Å². The van der Waals surface area contributed by atoms with Gasteiger partial charge in [-0.1, -0.05) is 55.8 Å². The topological polar surface area (TPSA) is 84.1 Å². The summed E-state index contributed by atoms with van der Waals surface area (Å²) in [6.07, 6.45) is 0. The zero-order valence-corrected chi connectivity index (χ0v) is 18.5. The smallest absolute Gasteiger partial charge is 0.263 e. The molecule has 0 saturated heterocycles. The van der Waals surface area contributed by atoms with E-state index in [1.54, 1.807) is 18.2 Å². The minimum Gasteiger partial charge on any atom is -0.489 e. The molecule has 0 aliphatic heterocycles. The van der Waals surface area contributed by atoms with Crippen LogP contribution >= 0.6 is 0 Å². The van der Waals surface area contributed by atoms with Crippen molar-refractivity contribution >= 4 is 26.7 Å². The Balaban J connectivity index is 1.51. The van der Waals surface area contributed by atoms with Crippen LogP contribution in [0.4, 0.5) is 5.82 Å². The van der Waals surface area contributed by atoms with Gasteiger partial charge < -0.3 is 4.74 Å². The maximum absolute atomic E-state index is 12.8. The van der Waals surface area contributed by atoms with Crippen molar-refractivity contribution in [3.8, 4) is 5.75 Å². The number of rotatable bonds is 7. The number of fused-ring (bicyclic) bond motifs is 1. The molecule has 0 fully saturated rings. The first kappa shape index (κ1) is 20.9. The Labute approximate surface area is 182 Å². The lowest BCUT2D eigenvalue weighted by Crippen LogP contribution is -2.13. The third-order valence-corrected chi connectivity index (χ3v) is 6.47. The highest BCUT2D eigenvalue weighted by molar-refractivity contribution is 7.92. The minimum atomic E-state index is -3.74. The maximum Gasteiger partial charge on any atom is 0.263 e. The van der Waals surface area contributed by atoms with E-state index < -0.39 is 10.0 Å². The molecule has 4 rings (SSSR count). The van der Waals surface area contributed by atoms with Crippen LogP contribution in [0.25, 0.3) is 10.9 Å². The van der Waals surface area contributed by atoms with Gasteiger partial charge in [-0.25, -0.2) is 8.42 Å². The van der Waals surface area contributed by atoms with E-state index in [9.17, 15) is 8.42 Å². The SMILES string of the molecule is Cc1cccc(COc2ccc3c(NS(=O)(=O)c4ccc(C(C)C)cc4)n[nH]c3c2)c1. The first-order chi connectivity index (χ1) is 14.8. The first-order valence-corrected chi connectivity index (χ1v) is 11.6. The molecular weight excluding hydrogens is 410 g/mol. The number of nitrogens with one attached hydrogen (secondary N) is 2. The van der Waals surface area contributed by atoms with Crippen molar-refractivity contribution in [3.63, 3.8) is 0 Å². The summed E-state index contributed by atoms with van der Waals surface area (Å²) in [7, 11) is -3.74. The number of anilines is 1. The number of H-pyrrole nitrogens is 1. The third-order valence-electron chi connectivity index (χ3n) is 5.11. The normalized spacial score (nSPS) is 11.7. The number of aryl methyl sites for hydroxylation is 1. The van der Waals surface area contributed by atoms with Gasteiger partial charge in [0.1, 0.15) is 12.4 Å². The maximum atomic E-state index is 12.8. The first-order valence-electron chi connectivity index (χ1n) is 10.1. The number of benzene rings is 3. The van der Waals surface area contributed by atoms with Crippen molar-refractivity contribution in [2.75, 3.05) is 4.72 Å². The third kappa shape index (κ3) is 4.72. The molecule has 3 aromatic carbocycles. The predicted octanol–water partition coefficient (Wildman–Crippen LogP) is 5.37. The highest BCUT2D eigenvalue weighted by Crippen LogP contribution is 2.27. The van der Waals surface area contributed by atoms with E-state index >= 15 is 0 Å². The molecule has 0 unspecified atom stereocenters. The molecule has 0 amide bonds. The van der Waals surface area contributed by atoms with Gasteiger partial charge in [0.05, 0.1) is 10.4 Å². The summed E-state index contributed by atoms with van der Waals surface area (Å²) >= 11 is 0. The summed E-state index contributed by atoms with van der Waals surface area (Å²) in [6.45, 7) is 6.63. The van der Waals surface area contributed by atoms with Gasteiger partial charge in [0.2, 0.25) is 0 Å². The Morgan fingerprint density at radius 1 is 1.03 bits per heavy atom. The Hall–Kier alpha value is -3.32. The number of aromatic amines is 1. The van der Waals surface area contributed by atoms with Gasteiger partial charge >= 0.3 is 0 Å². The van der Waals surface area contributed by atoms with E-state index in [0.29, 0.717) is 29.2 Å². The molecule has 31 heavy (non-hydrogen) atoms. The Morgan fingerprint density at radius 3 is 2.52 bits per heavy atom. The minimum absolute atomic E-state index is 0.200. The van der Waals surface area contributed by atoms with Crippen molar-refractivity contribution in [2.24, 2.45) is 0 Å². The zero-order chi connectivity index (χ0) is 22.0. The van der Waals surface area contributed by atoms with E-state index in [1.165, 1.54) is 5.56 Å². The number of hydrogen-bond acceptors (Lipinski definition) is 4. The molecule has 0 bridgehead atoms. The number of aromatic nitrogens is 2. The van der Waals surface area contributed by atoms with Crippen LogP contribution in [0.5, 0.6) is 5.75 Å². The summed E-state index contributed by atoms with van der Waals surface area (Å²) in [5.74, 6) is 1.27. The fourth-order valence-electron chi connectivity index (χ4n) is 3.35. The zero-order valence-electron chi connectivity index (χ0n) is 17.7. The molecule has 0 aliphatic rings. The van der Waals surface area contributed by atoms with Crippen molar-refractivity contribution in [1.82, 2.24) is 10.2 Å². The van der Waals surface area contributed by atoms with Gasteiger partial charge in [-0.05, 0) is 48.2 Å². The summed E-state index contributed by atoms with van der Waals surface area (Å²) in [6, 6.07) is 20.5. The molecule has 1 aromatic heterocycles. The lowest BCUT2D eigenvalue weighted by atomic mass is 10.0. The molecule has 2 N–H and O–H groups in total. The fraction of sp³-hybridized carbons (Fsp3) is 0.208. The van der Waals surface area contributed by atoms with Gasteiger partial charge in [-0.15, -0.1) is 0 Å². The van der Waals surface area contributed by atoms with Gasteiger partial charge in [0.25, 0.3) is 10.0 Å². The average molecular weight is 436 g/mol. The van der Waals surface area contributed by atoms with Crippen LogP contribution in [0.1, 0.15) is 36.5 Å². The molecular formula is C24H25N3O3S. The van der Waals surface area contributed by atoms with E-state index in [2.05, 4.69) is 34.8 Å². The average Bonchev–Trinajstić information content (AvgIpc) is 3.14. The van der Waals surface area contributed by atoms with Crippen LogP contribution in [0, 0.1) is 6.92 Å². The van der Waals surface area contributed by atoms with E-state index in [1.807, 2.05) is 49.4 Å². The molecule has 0 saturated carbocycles. The standard InChI is InChI=1S/C24H25N3O3S/c1-16(2)19-7-10-21(11-8-19)31(28,29)27-24-22-12-9-20(14-23(22)25-26-24)30-15-18-6-4-5-17(3)13-18/h4-14,16H,15H2,1-3H3,(H2,25,26,27). The molecule has 6 nitrogen and oxygen atoms in total. The van der Waals surface area contributed by atoms with Gasteiger partial charge in [-0.2, -0.15) is 5.10 Å². The number of hydrogen-bond donors (Lipinski definition) is 2. The lowest BCUT2D eigenvalue weighted by Gasteiger charge is -2.09. The molecule has 1 heterocycles. The van der Waals surface area contributed by atoms with Crippen molar-refractivity contribution in [3.05, 3.63) is 83.4 Å². The van der Waals surface area contributed by atoms with Gasteiger partial charge in [0, 0.05) is 11.5 Å². The monoisotopic (exact) mass is 435 g/mol. The number of sulfonamides is 1. The Bertz CT molecular complexity index is 1310. The largest absolute Gasteiger partial charge is 0.489 e. The summed E-state index contributed by atoms with van der Waals surface area (Å²) in [4.78, 5) is 0.200. The second-order valence-electron chi connectivity index (χ2n) is 7.89. The lowest BCUT2D eigenvalue weighted by molar-refractivity contribution is 0.306. The molecule has 4 aromatic rings. The fourth-order valence-corrected chi connectivity index (χ4v) is 4.38. The Kier molecular flexibility index (Phi) is 5.69. The van der Waals surface area contributed by atoms with Gasteiger partial charge in [0.15, 0.2) is 5.82 Å². The van der Waals surface area contributed by atoms with Crippen LogP contribution in [-0.4, -0.2) is 18.6 Å². The second-order valence-corrected chi connectivity index (χ2v) is 9.57. The van der Waals surface area contributed by atoms with Crippen LogP contribution in [-0.2, 0) is 16.6 Å². The second kappa shape index (κ2) is 8.43. The summed E-state index contributed by atoms with van der Waals surface area (Å²) < 4.78 is 34.0. The Morgan fingerprint density at radius 2 is 1.81 bits per heavy atom. The van der Waals surface area contributed by atoms with Crippen molar-refractivity contribution in [1.29, 1.82) is 0 Å². The van der Waals surface area contributed by atoms with E-state index in [-0.39, 0.29) is 10.7 Å². The van der Waals surface area contributed by atoms with Crippen LogP contribution in [0.15, 0.2) is 71.6 Å². The van der Waals surface area contributed by atoms with Crippen LogP contribution < -0.4 is 9.46 Å². The molecule has 160 valence electrons. The van der Waals surface area contributed by atoms with E-state index in [4.69, 9.17) is 4.74 Å². The molecule has 0 radical (unpaired) electrons. The summed E-state index contributed by atoms with van der Waals surface area (Å²) in [5, 5.41) is 7.70. The predicted molar refractivity (Wildman–Crippen MR) is 123 cm³/mol. The van der Waals surface area contributed by atoms with Crippen LogP contribution in [0.2, 0.25) is 0 Å². The quantitative estimate of drug-likeness (QED) is 0.408. The highest BCUT2D eigenvalue weighted by atomic mass is 32.2. The van der Waals surface area contributed by atoms with Crippen molar-refractivity contribution in [2.45, 2.75) is 38.2 Å².